The largest absolute Gasteiger partial charge is 0.507 e. The first-order valence-electron chi connectivity index (χ1n) is 8.58. The third-order valence-electron chi connectivity index (χ3n) is 4.37. The lowest BCUT2D eigenvalue weighted by atomic mass is 10.1. The maximum absolute atomic E-state index is 10.4. The quantitative estimate of drug-likeness (QED) is 0.683. The van der Waals surface area contributed by atoms with E-state index < -0.39 is 0 Å². The molecule has 1 unspecified atom stereocenters. The third-order valence-corrected chi connectivity index (χ3v) is 5.74. The van der Waals surface area contributed by atoms with Gasteiger partial charge in [-0.1, -0.05) is 38.9 Å². The van der Waals surface area contributed by atoms with Crippen molar-refractivity contribution in [1.82, 2.24) is 5.01 Å². The normalized spacial score (nSPS) is 15.7. The first-order chi connectivity index (χ1) is 11.6. The van der Waals surface area contributed by atoms with Crippen LogP contribution in [0.4, 0.5) is 0 Å². The smallest absolute Gasteiger partial charge is 0.126 e. The highest BCUT2D eigenvalue weighted by Gasteiger charge is 2.10. The van der Waals surface area contributed by atoms with Crippen molar-refractivity contribution in [2.24, 2.45) is 5.10 Å². The Hall–Kier alpha value is -1.86. The second-order valence-electron chi connectivity index (χ2n) is 6.45. The summed E-state index contributed by atoms with van der Waals surface area (Å²) in [5.41, 5.74) is 3.27. The molecule has 24 heavy (non-hydrogen) atoms. The van der Waals surface area contributed by atoms with Crippen molar-refractivity contribution in [3.05, 3.63) is 53.1 Å². The Bertz CT molecular complexity index is 736. The molecule has 0 spiro atoms. The minimum absolute atomic E-state index is 0.418. The Balaban J connectivity index is 1.83. The standard InChI is InChI=1S/C20H25N2OP/c1-15-12-16(2)20(23)19(13-15)24-18-9-5-4-8-17(18)14-21-22-10-6-3-7-11-22/h4-5,8-9,12-14,23-24H,3,6-7,10-11H2,1-2H3/b21-14+. The van der Waals surface area contributed by atoms with Crippen LogP contribution in [0.25, 0.3) is 0 Å². The minimum atomic E-state index is 0.418. The number of hydrogen-bond acceptors (Lipinski definition) is 3. The first-order valence-corrected chi connectivity index (χ1v) is 9.58. The molecule has 1 aliphatic heterocycles. The van der Waals surface area contributed by atoms with Crippen molar-refractivity contribution < 1.29 is 5.11 Å². The van der Waals surface area contributed by atoms with E-state index in [0.717, 1.165) is 29.5 Å². The molecular weight excluding hydrogens is 315 g/mol. The highest BCUT2D eigenvalue weighted by atomic mass is 31.1. The van der Waals surface area contributed by atoms with Gasteiger partial charge in [0, 0.05) is 24.0 Å². The number of aryl methyl sites for hydroxylation is 2. The molecule has 1 saturated heterocycles. The first kappa shape index (κ1) is 17.0. The summed E-state index contributed by atoms with van der Waals surface area (Å²) in [6, 6.07) is 12.4. The fourth-order valence-electron chi connectivity index (χ4n) is 3.06. The van der Waals surface area contributed by atoms with Gasteiger partial charge in [0.2, 0.25) is 0 Å². The Morgan fingerprint density at radius 3 is 2.58 bits per heavy atom. The molecule has 1 aliphatic rings. The van der Waals surface area contributed by atoms with Gasteiger partial charge in [-0.15, -0.1) is 0 Å². The summed E-state index contributed by atoms with van der Waals surface area (Å²) in [5.74, 6) is 0.418. The van der Waals surface area contributed by atoms with E-state index in [2.05, 4.69) is 41.3 Å². The lowest BCUT2D eigenvalue weighted by Gasteiger charge is -2.23. The van der Waals surface area contributed by atoms with Gasteiger partial charge in [-0.3, -0.25) is 5.01 Å². The predicted octanol–water partition coefficient (Wildman–Crippen LogP) is 3.46. The molecule has 1 N–H and O–H groups in total. The van der Waals surface area contributed by atoms with Gasteiger partial charge in [-0.2, -0.15) is 5.10 Å². The van der Waals surface area contributed by atoms with E-state index in [9.17, 15) is 5.11 Å². The van der Waals surface area contributed by atoms with Crippen LogP contribution >= 0.6 is 8.58 Å². The summed E-state index contributed by atoms with van der Waals surface area (Å²) in [4.78, 5) is 0. The number of nitrogens with zero attached hydrogens (tertiary/aromatic N) is 2. The Labute approximate surface area is 146 Å². The molecule has 0 aliphatic carbocycles. The lowest BCUT2D eigenvalue weighted by molar-refractivity contribution is 0.240. The molecule has 3 nitrogen and oxygen atoms in total. The van der Waals surface area contributed by atoms with Gasteiger partial charge in [0.05, 0.1) is 6.21 Å². The van der Waals surface area contributed by atoms with Crippen LogP contribution < -0.4 is 10.6 Å². The van der Waals surface area contributed by atoms with E-state index in [0.29, 0.717) is 14.3 Å². The van der Waals surface area contributed by atoms with Crippen LogP contribution in [-0.4, -0.2) is 29.4 Å². The molecule has 1 atom stereocenters. The van der Waals surface area contributed by atoms with Crippen molar-refractivity contribution >= 4 is 25.4 Å². The Morgan fingerprint density at radius 1 is 1.04 bits per heavy atom. The van der Waals surface area contributed by atoms with Gasteiger partial charge in [-0.25, -0.2) is 0 Å². The van der Waals surface area contributed by atoms with Crippen LogP contribution in [0.2, 0.25) is 0 Å². The summed E-state index contributed by atoms with van der Waals surface area (Å²) in [5, 5.41) is 19.4. The Morgan fingerprint density at radius 2 is 1.79 bits per heavy atom. The summed E-state index contributed by atoms with van der Waals surface area (Å²) in [6.45, 7) is 6.14. The maximum atomic E-state index is 10.4. The number of phenols is 1. The number of rotatable bonds is 4. The molecular formula is C20H25N2OP. The predicted molar refractivity (Wildman–Crippen MR) is 105 cm³/mol. The number of hydrazone groups is 1. The van der Waals surface area contributed by atoms with Crippen molar-refractivity contribution in [2.75, 3.05) is 13.1 Å². The number of benzene rings is 2. The molecule has 0 amide bonds. The highest BCUT2D eigenvalue weighted by molar-refractivity contribution is 7.56. The molecule has 3 rings (SSSR count). The molecule has 2 aromatic rings. The molecule has 0 saturated carbocycles. The van der Waals surface area contributed by atoms with Crippen molar-refractivity contribution in [1.29, 1.82) is 0 Å². The summed E-state index contributed by atoms with van der Waals surface area (Å²) >= 11 is 0. The van der Waals surface area contributed by atoms with E-state index in [-0.39, 0.29) is 0 Å². The van der Waals surface area contributed by atoms with E-state index in [4.69, 9.17) is 0 Å². The average Bonchev–Trinajstić information content (AvgIpc) is 2.59. The maximum Gasteiger partial charge on any atom is 0.126 e. The monoisotopic (exact) mass is 340 g/mol. The van der Waals surface area contributed by atoms with Crippen LogP contribution in [0.3, 0.4) is 0 Å². The third kappa shape index (κ3) is 4.15. The summed E-state index contributed by atoms with van der Waals surface area (Å²) < 4.78 is 0. The molecule has 0 bridgehead atoms. The fraction of sp³-hybridized carbons (Fsp3) is 0.350. The minimum Gasteiger partial charge on any atom is -0.507 e. The van der Waals surface area contributed by atoms with E-state index >= 15 is 0 Å². The summed E-state index contributed by atoms with van der Waals surface area (Å²) in [7, 11) is 0.426. The zero-order chi connectivity index (χ0) is 16.9. The zero-order valence-corrected chi connectivity index (χ0v) is 15.4. The number of hydrogen-bond donors (Lipinski definition) is 1. The van der Waals surface area contributed by atoms with Crippen LogP contribution in [0.5, 0.6) is 5.75 Å². The average molecular weight is 340 g/mol. The van der Waals surface area contributed by atoms with Crippen LogP contribution in [-0.2, 0) is 0 Å². The van der Waals surface area contributed by atoms with E-state index in [1.165, 1.54) is 30.1 Å². The van der Waals surface area contributed by atoms with Gasteiger partial charge >= 0.3 is 0 Å². The molecule has 0 radical (unpaired) electrons. The van der Waals surface area contributed by atoms with E-state index in [1.807, 2.05) is 25.3 Å². The van der Waals surface area contributed by atoms with Crippen LogP contribution in [0.1, 0.15) is 36.0 Å². The molecule has 2 aromatic carbocycles. The van der Waals surface area contributed by atoms with Crippen molar-refractivity contribution in [3.63, 3.8) is 0 Å². The fourth-order valence-corrected chi connectivity index (χ4v) is 4.44. The second kappa shape index (κ2) is 7.81. The van der Waals surface area contributed by atoms with Crippen LogP contribution in [0.15, 0.2) is 41.5 Å². The number of piperidine rings is 1. The zero-order valence-electron chi connectivity index (χ0n) is 14.4. The number of phenolic OH excluding ortho intramolecular Hbond substituents is 1. The van der Waals surface area contributed by atoms with Gasteiger partial charge in [-0.05, 0) is 55.6 Å². The second-order valence-corrected chi connectivity index (χ2v) is 7.78. The molecule has 1 heterocycles. The Kier molecular flexibility index (Phi) is 5.52. The topological polar surface area (TPSA) is 35.8 Å². The van der Waals surface area contributed by atoms with Crippen molar-refractivity contribution in [3.8, 4) is 5.75 Å². The molecule has 1 fully saturated rings. The SMILES string of the molecule is Cc1cc(C)c(O)c(Pc2ccccc2/C=N/N2CCCCC2)c1. The number of aromatic hydroxyl groups is 1. The lowest BCUT2D eigenvalue weighted by Crippen LogP contribution is -2.24. The molecule has 4 heteroatoms. The van der Waals surface area contributed by atoms with Gasteiger partial charge < -0.3 is 5.11 Å². The molecule has 126 valence electrons. The van der Waals surface area contributed by atoms with Crippen LogP contribution in [0, 0.1) is 13.8 Å². The molecule has 0 aromatic heterocycles. The van der Waals surface area contributed by atoms with Gasteiger partial charge in [0.15, 0.2) is 0 Å². The van der Waals surface area contributed by atoms with Crippen molar-refractivity contribution in [2.45, 2.75) is 33.1 Å². The van der Waals surface area contributed by atoms with Gasteiger partial charge in [0.1, 0.15) is 5.75 Å². The summed E-state index contributed by atoms with van der Waals surface area (Å²) in [6.07, 6.45) is 5.76. The highest BCUT2D eigenvalue weighted by Crippen LogP contribution is 2.24. The van der Waals surface area contributed by atoms with Gasteiger partial charge in [0.25, 0.3) is 0 Å². The van der Waals surface area contributed by atoms with E-state index in [1.54, 1.807) is 0 Å².